The van der Waals surface area contributed by atoms with Crippen molar-refractivity contribution in [3.05, 3.63) is 51.5 Å². The molecule has 0 bridgehead atoms. The van der Waals surface area contributed by atoms with Crippen molar-refractivity contribution in [3.63, 3.8) is 0 Å². The molecule has 2 aromatic carbocycles. The Bertz CT molecular complexity index is 786. The quantitative estimate of drug-likeness (QED) is 0.712. The van der Waals surface area contributed by atoms with E-state index in [1.165, 1.54) is 14.2 Å². The molecule has 8 heteroatoms. The minimum atomic E-state index is -0.364. The first-order valence-corrected chi connectivity index (χ1v) is 8.32. The van der Waals surface area contributed by atoms with Crippen molar-refractivity contribution in [2.75, 3.05) is 19.5 Å². The van der Waals surface area contributed by atoms with Gasteiger partial charge in [-0.3, -0.25) is 10.1 Å². The zero-order valence-corrected chi connectivity index (χ0v) is 16.0. The van der Waals surface area contributed by atoms with E-state index in [1.807, 2.05) is 0 Å². The molecule has 0 saturated heterocycles. The van der Waals surface area contributed by atoms with Gasteiger partial charge in [-0.25, -0.2) is 0 Å². The lowest BCUT2D eigenvalue weighted by atomic mass is 10.2. The van der Waals surface area contributed by atoms with E-state index in [-0.39, 0.29) is 11.0 Å². The smallest absolute Gasteiger partial charge is 0.257 e. The van der Waals surface area contributed by atoms with Gasteiger partial charge in [-0.1, -0.05) is 11.6 Å². The van der Waals surface area contributed by atoms with Crippen LogP contribution >= 0.6 is 39.7 Å². The zero-order chi connectivity index (χ0) is 17.7. The van der Waals surface area contributed by atoms with Crippen LogP contribution in [0.4, 0.5) is 5.69 Å². The standard InChI is InChI=1S/C16H14BrClN2O3S/c1-22-13-6-3-9(7-14(13)23-2)15(21)20-16(24)19-10-4-5-11(17)12(18)8-10/h3-8H,1-2H3,(H2,19,20,21,24). The van der Waals surface area contributed by atoms with Crippen LogP contribution in [0.1, 0.15) is 10.4 Å². The Labute approximate surface area is 158 Å². The molecule has 2 N–H and O–H groups in total. The minimum Gasteiger partial charge on any atom is -0.493 e. The van der Waals surface area contributed by atoms with E-state index in [9.17, 15) is 4.79 Å². The van der Waals surface area contributed by atoms with Crippen LogP contribution in [0.5, 0.6) is 11.5 Å². The topological polar surface area (TPSA) is 59.6 Å². The first-order chi connectivity index (χ1) is 11.4. The molecule has 5 nitrogen and oxygen atoms in total. The summed E-state index contributed by atoms with van der Waals surface area (Å²) in [7, 11) is 3.03. The average molecular weight is 430 g/mol. The van der Waals surface area contributed by atoms with E-state index in [0.29, 0.717) is 27.8 Å². The predicted molar refractivity (Wildman–Crippen MR) is 102 cm³/mol. The number of thiocarbonyl (C=S) groups is 1. The molecule has 0 aliphatic carbocycles. The number of amides is 1. The first kappa shape index (κ1) is 18.5. The van der Waals surface area contributed by atoms with Crippen LogP contribution in [0.2, 0.25) is 5.02 Å². The summed E-state index contributed by atoms with van der Waals surface area (Å²) in [6.07, 6.45) is 0. The van der Waals surface area contributed by atoms with E-state index in [4.69, 9.17) is 33.3 Å². The van der Waals surface area contributed by atoms with Crippen molar-refractivity contribution in [3.8, 4) is 11.5 Å². The summed E-state index contributed by atoms with van der Waals surface area (Å²) in [6.45, 7) is 0. The molecule has 0 aliphatic heterocycles. The van der Waals surface area contributed by atoms with Crippen LogP contribution in [0.3, 0.4) is 0 Å². The monoisotopic (exact) mass is 428 g/mol. The van der Waals surface area contributed by atoms with Gasteiger partial charge in [-0.05, 0) is 64.5 Å². The Morgan fingerprint density at radius 3 is 2.46 bits per heavy atom. The fourth-order valence-electron chi connectivity index (χ4n) is 1.89. The van der Waals surface area contributed by atoms with Gasteiger partial charge in [0.15, 0.2) is 16.6 Å². The molecule has 2 aromatic rings. The van der Waals surface area contributed by atoms with Crippen molar-refractivity contribution < 1.29 is 14.3 Å². The fraction of sp³-hybridized carbons (Fsp3) is 0.125. The number of ether oxygens (including phenoxy) is 2. The molecule has 0 aliphatic rings. The van der Waals surface area contributed by atoms with Gasteiger partial charge in [-0.2, -0.15) is 0 Å². The van der Waals surface area contributed by atoms with Crippen LogP contribution in [0.25, 0.3) is 0 Å². The summed E-state index contributed by atoms with van der Waals surface area (Å²) in [5.41, 5.74) is 1.06. The van der Waals surface area contributed by atoms with Crippen molar-refractivity contribution in [2.45, 2.75) is 0 Å². The maximum atomic E-state index is 12.3. The summed E-state index contributed by atoms with van der Waals surface area (Å²) < 4.78 is 11.1. The highest BCUT2D eigenvalue weighted by Gasteiger charge is 2.12. The largest absolute Gasteiger partial charge is 0.493 e. The molecular weight excluding hydrogens is 416 g/mol. The number of hydrogen-bond donors (Lipinski definition) is 2. The maximum absolute atomic E-state index is 12.3. The van der Waals surface area contributed by atoms with Crippen LogP contribution in [-0.4, -0.2) is 25.2 Å². The third-order valence-electron chi connectivity index (χ3n) is 3.05. The molecule has 126 valence electrons. The minimum absolute atomic E-state index is 0.160. The lowest BCUT2D eigenvalue weighted by Gasteiger charge is -2.12. The molecule has 0 aromatic heterocycles. The molecule has 0 saturated carbocycles. The van der Waals surface area contributed by atoms with E-state index >= 15 is 0 Å². The molecule has 0 fully saturated rings. The van der Waals surface area contributed by atoms with Crippen LogP contribution < -0.4 is 20.1 Å². The summed E-state index contributed by atoms with van der Waals surface area (Å²) in [5.74, 6) is 0.639. The number of hydrogen-bond acceptors (Lipinski definition) is 4. The summed E-state index contributed by atoms with van der Waals surface area (Å²) in [6, 6.07) is 10.1. The molecule has 0 heterocycles. The Morgan fingerprint density at radius 1 is 1.12 bits per heavy atom. The molecule has 0 unspecified atom stereocenters. The number of carbonyl (C=O) groups excluding carboxylic acids is 1. The number of carbonyl (C=O) groups is 1. The second kappa shape index (κ2) is 8.32. The van der Waals surface area contributed by atoms with E-state index in [2.05, 4.69) is 26.6 Å². The van der Waals surface area contributed by atoms with Gasteiger partial charge < -0.3 is 14.8 Å². The van der Waals surface area contributed by atoms with Gasteiger partial charge in [0.1, 0.15) is 0 Å². The normalized spacial score (nSPS) is 10.0. The highest BCUT2D eigenvalue weighted by Crippen LogP contribution is 2.27. The molecular formula is C16H14BrClN2O3S. The van der Waals surface area contributed by atoms with Gasteiger partial charge in [0.25, 0.3) is 5.91 Å². The second-order valence-electron chi connectivity index (χ2n) is 4.61. The van der Waals surface area contributed by atoms with Crippen LogP contribution in [-0.2, 0) is 0 Å². The van der Waals surface area contributed by atoms with Crippen molar-refractivity contribution >= 4 is 56.5 Å². The van der Waals surface area contributed by atoms with E-state index in [1.54, 1.807) is 36.4 Å². The predicted octanol–water partition coefficient (Wildman–Crippen LogP) is 4.25. The summed E-state index contributed by atoms with van der Waals surface area (Å²) in [5, 5.41) is 6.19. The van der Waals surface area contributed by atoms with Gasteiger partial charge >= 0.3 is 0 Å². The van der Waals surface area contributed by atoms with Crippen LogP contribution in [0.15, 0.2) is 40.9 Å². The maximum Gasteiger partial charge on any atom is 0.257 e. The molecule has 1 amide bonds. The number of benzene rings is 2. The Kier molecular flexibility index (Phi) is 6.42. The Hall–Kier alpha value is -1.83. The average Bonchev–Trinajstić information content (AvgIpc) is 2.57. The number of halogens is 2. The molecule has 0 atom stereocenters. The third kappa shape index (κ3) is 4.59. The number of methoxy groups -OCH3 is 2. The molecule has 0 radical (unpaired) electrons. The lowest BCUT2D eigenvalue weighted by Crippen LogP contribution is -2.34. The van der Waals surface area contributed by atoms with Crippen molar-refractivity contribution in [2.24, 2.45) is 0 Å². The number of anilines is 1. The third-order valence-corrected chi connectivity index (χ3v) is 4.49. The Balaban J connectivity index is 2.05. The van der Waals surface area contributed by atoms with Gasteiger partial charge in [0, 0.05) is 15.7 Å². The van der Waals surface area contributed by atoms with Gasteiger partial charge in [0.05, 0.1) is 19.2 Å². The molecule has 0 spiro atoms. The number of rotatable bonds is 4. The second-order valence-corrected chi connectivity index (χ2v) is 6.28. The highest BCUT2D eigenvalue weighted by molar-refractivity contribution is 9.10. The summed E-state index contributed by atoms with van der Waals surface area (Å²) in [4.78, 5) is 12.3. The van der Waals surface area contributed by atoms with E-state index < -0.39 is 0 Å². The Morgan fingerprint density at radius 2 is 1.83 bits per heavy atom. The van der Waals surface area contributed by atoms with Crippen LogP contribution in [0, 0.1) is 0 Å². The lowest BCUT2D eigenvalue weighted by molar-refractivity contribution is 0.0977. The SMILES string of the molecule is COc1ccc(C(=O)NC(=S)Nc2ccc(Br)c(Cl)c2)cc1OC. The number of nitrogens with one attached hydrogen (secondary N) is 2. The fourth-order valence-corrected chi connectivity index (χ4v) is 2.53. The highest BCUT2D eigenvalue weighted by atomic mass is 79.9. The van der Waals surface area contributed by atoms with E-state index in [0.717, 1.165) is 4.47 Å². The molecule has 24 heavy (non-hydrogen) atoms. The van der Waals surface area contributed by atoms with Gasteiger partial charge in [0.2, 0.25) is 0 Å². The zero-order valence-electron chi connectivity index (χ0n) is 12.9. The van der Waals surface area contributed by atoms with Crippen molar-refractivity contribution in [1.82, 2.24) is 5.32 Å². The first-order valence-electron chi connectivity index (χ1n) is 6.74. The summed E-state index contributed by atoms with van der Waals surface area (Å²) >= 11 is 14.5. The van der Waals surface area contributed by atoms with Crippen molar-refractivity contribution in [1.29, 1.82) is 0 Å². The van der Waals surface area contributed by atoms with Gasteiger partial charge in [-0.15, -0.1) is 0 Å². The molecule has 2 rings (SSSR count).